The summed E-state index contributed by atoms with van der Waals surface area (Å²) >= 11 is 0. The summed E-state index contributed by atoms with van der Waals surface area (Å²) in [7, 11) is 0. The van der Waals surface area contributed by atoms with Gasteiger partial charge in [-0.3, -0.25) is 0 Å². The van der Waals surface area contributed by atoms with Crippen LogP contribution in [0.1, 0.15) is 20.3 Å². The monoisotopic (exact) mass is 152 g/mol. The summed E-state index contributed by atoms with van der Waals surface area (Å²) < 4.78 is 4.86. The van der Waals surface area contributed by atoms with Gasteiger partial charge in [0.15, 0.2) is 0 Å². The Hall–Kier alpha value is -1.05. The van der Waals surface area contributed by atoms with Crippen LogP contribution in [0.3, 0.4) is 0 Å². The molecule has 1 aliphatic rings. The van der Waals surface area contributed by atoms with Crippen molar-refractivity contribution in [3.63, 3.8) is 0 Å². The molecule has 0 aromatic heterocycles. The molecule has 60 valence electrons. The molecule has 0 N–H and O–H groups in total. The summed E-state index contributed by atoms with van der Waals surface area (Å²) in [5.74, 6) is -0.171. The van der Waals surface area contributed by atoms with Crippen LogP contribution >= 0.6 is 0 Å². The van der Waals surface area contributed by atoms with Gasteiger partial charge in [-0.25, -0.2) is 4.79 Å². The molecule has 0 aromatic rings. The van der Waals surface area contributed by atoms with Gasteiger partial charge in [-0.1, -0.05) is 12.2 Å². The van der Waals surface area contributed by atoms with E-state index >= 15 is 0 Å². The van der Waals surface area contributed by atoms with E-state index in [1.807, 2.05) is 26.0 Å². The maximum absolute atomic E-state index is 11.1. The minimum absolute atomic E-state index is 0.171. The Morgan fingerprint density at radius 1 is 1.73 bits per heavy atom. The van der Waals surface area contributed by atoms with Gasteiger partial charge in [-0.2, -0.15) is 0 Å². The van der Waals surface area contributed by atoms with Crippen molar-refractivity contribution in [2.45, 2.75) is 20.3 Å². The number of ether oxygens (including phenoxy) is 1. The largest absolute Gasteiger partial charge is 0.463 e. The van der Waals surface area contributed by atoms with Crippen LogP contribution in [-0.2, 0) is 9.53 Å². The number of esters is 1. The zero-order chi connectivity index (χ0) is 8.27. The van der Waals surface area contributed by atoms with Crippen molar-refractivity contribution in [1.82, 2.24) is 0 Å². The van der Waals surface area contributed by atoms with Crippen molar-refractivity contribution in [3.05, 3.63) is 23.3 Å². The smallest absolute Gasteiger partial charge is 0.334 e. The quantitative estimate of drug-likeness (QED) is 0.564. The number of carbonyl (C=O) groups excluding carboxylic acids is 1. The molecular formula is C9H12O2. The molecule has 1 rings (SSSR count). The molecule has 2 heteroatoms. The van der Waals surface area contributed by atoms with Gasteiger partial charge < -0.3 is 4.74 Å². The van der Waals surface area contributed by atoms with Crippen molar-refractivity contribution >= 4 is 5.97 Å². The van der Waals surface area contributed by atoms with Gasteiger partial charge in [0, 0.05) is 5.57 Å². The summed E-state index contributed by atoms with van der Waals surface area (Å²) in [5, 5.41) is 0. The Labute approximate surface area is 66.5 Å². The van der Waals surface area contributed by atoms with Crippen molar-refractivity contribution in [1.29, 1.82) is 0 Å². The van der Waals surface area contributed by atoms with Crippen LogP contribution in [0.15, 0.2) is 23.3 Å². The minimum atomic E-state index is -0.171. The second-order valence-corrected chi connectivity index (χ2v) is 2.49. The molecule has 0 fully saturated rings. The van der Waals surface area contributed by atoms with E-state index in [0.717, 1.165) is 17.6 Å². The van der Waals surface area contributed by atoms with Crippen molar-refractivity contribution < 1.29 is 9.53 Å². The highest BCUT2D eigenvalue weighted by molar-refractivity contribution is 5.91. The third kappa shape index (κ3) is 1.70. The average molecular weight is 152 g/mol. The zero-order valence-electron chi connectivity index (χ0n) is 6.89. The molecule has 0 spiro atoms. The van der Waals surface area contributed by atoms with Crippen LogP contribution in [0.2, 0.25) is 0 Å². The summed E-state index contributed by atoms with van der Waals surface area (Å²) in [6.07, 6.45) is 4.65. The van der Waals surface area contributed by atoms with Gasteiger partial charge in [0.05, 0.1) is 6.61 Å². The lowest BCUT2D eigenvalue weighted by Crippen LogP contribution is -2.06. The van der Waals surface area contributed by atoms with Crippen molar-refractivity contribution in [3.8, 4) is 0 Å². The standard InChI is InChI=1S/C9H12O2/c1-3-11-9(10)8-6-4-5-7(8)2/h4-5H,3,6H2,1-2H3. The Morgan fingerprint density at radius 3 is 2.91 bits per heavy atom. The van der Waals surface area contributed by atoms with E-state index in [4.69, 9.17) is 4.74 Å². The van der Waals surface area contributed by atoms with E-state index in [1.165, 1.54) is 0 Å². The summed E-state index contributed by atoms with van der Waals surface area (Å²) in [6, 6.07) is 0. The van der Waals surface area contributed by atoms with Gasteiger partial charge in [-0.15, -0.1) is 0 Å². The first-order chi connectivity index (χ1) is 5.25. The fraction of sp³-hybridized carbons (Fsp3) is 0.444. The number of rotatable bonds is 2. The van der Waals surface area contributed by atoms with Crippen LogP contribution in [-0.4, -0.2) is 12.6 Å². The molecule has 0 unspecified atom stereocenters. The molecule has 1 aliphatic carbocycles. The second-order valence-electron chi connectivity index (χ2n) is 2.49. The van der Waals surface area contributed by atoms with E-state index < -0.39 is 0 Å². The van der Waals surface area contributed by atoms with E-state index in [1.54, 1.807) is 0 Å². The molecule has 0 aromatic carbocycles. The molecule has 0 bridgehead atoms. The van der Waals surface area contributed by atoms with Gasteiger partial charge in [0.1, 0.15) is 0 Å². The van der Waals surface area contributed by atoms with Crippen molar-refractivity contribution in [2.24, 2.45) is 0 Å². The second kappa shape index (κ2) is 3.37. The highest BCUT2D eigenvalue weighted by Crippen LogP contribution is 2.19. The van der Waals surface area contributed by atoms with Gasteiger partial charge in [0.2, 0.25) is 0 Å². The number of hydrogen-bond donors (Lipinski definition) is 0. The van der Waals surface area contributed by atoms with Crippen LogP contribution in [0, 0.1) is 0 Å². The Balaban J connectivity index is 2.62. The lowest BCUT2D eigenvalue weighted by atomic mass is 10.2. The van der Waals surface area contributed by atoms with E-state index in [2.05, 4.69) is 0 Å². The zero-order valence-corrected chi connectivity index (χ0v) is 6.89. The normalized spacial score (nSPS) is 15.8. The number of carbonyl (C=O) groups is 1. The third-order valence-electron chi connectivity index (χ3n) is 1.69. The highest BCUT2D eigenvalue weighted by Gasteiger charge is 2.14. The lowest BCUT2D eigenvalue weighted by molar-refractivity contribution is -0.138. The topological polar surface area (TPSA) is 26.3 Å². The van der Waals surface area contributed by atoms with Crippen LogP contribution < -0.4 is 0 Å². The molecule has 0 atom stereocenters. The number of hydrogen-bond acceptors (Lipinski definition) is 2. The first kappa shape index (κ1) is 8.05. The van der Waals surface area contributed by atoms with Crippen LogP contribution in [0.5, 0.6) is 0 Å². The first-order valence-corrected chi connectivity index (χ1v) is 3.79. The number of allylic oxidation sites excluding steroid dienone is 3. The van der Waals surface area contributed by atoms with E-state index in [9.17, 15) is 4.79 Å². The summed E-state index contributed by atoms with van der Waals surface area (Å²) in [4.78, 5) is 11.1. The fourth-order valence-corrected chi connectivity index (χ4v) is 1.08. The molecule has 0 saturated heterocycles. The molecule has 0 radical (unpaired) electrons. The Morgan fingerprint density at radius 2 is 2.45 bits per heavy atom. The summed E-state index contributed by atoms with van der Waals surface area (Å²) in [6.45, 7) is 4.20. The highest BCUT2D eigenvalue weighted by atomic mass is 16.5. The average Bonchev–Trinajstić information content (AvgIpc) is 2.36. The Bertz CT molecular complexity index is 224. The van der Waals surface area contributed by atoms with E-state index in [-0.39, 0.29) is 5.97 Å². The predicted molar refractivity (Wildman–Crippen MR) is 43.1 cm³/mol. The molecule has 0 heterocycles. The van der Waals surface area contributed by atoms with Gasteiger partial charge >= 0.3 is 5.97 Å². The maximum atomic E-state index is 11.1. The third-order valence-corrected chi connectivity index (χ3v) is 1.69. The van der Waals surface area contributed by atoms with Gasteiger partial charge in [0.25, 0.3) is 0 Å². The molecule has 2 nitrogen and oxygen atoms in total. The molecular weight excluding hydrogens is 140 g/mol. The molecule has 0 amide bonds. The predicted octanol–water partition coefficient (Wildman–Crippen LogP) is 1.83. The van der Waals surface area contributed by atoms with Crippen molar-refractivity contribution in [2.75, 3.05) is 6.61 Å². The minimum Gasteiger partial charge on any atom is -0.463 e. The molecule has 0 aliphatic heterocycles. The maximum Gasteiger partial charge on any atom is 0.334 e. The summed E-state index contributed by atoms with van der Waals surface area (Å²) in [5.41, 5.74) is 1.83. The SMILES string of the molecule is CCOC(=O)C1=C(C)C=CC1. The Kier molecular flexibility index (Phi) is 2.47. The molecule has 0 saturated carbocycles. The first-order valence-electron chi connectivity index (χ1n) is 3.79. The lowest BCUT2D eigenvalue weighted by Gasteiger charge is -2.02. The van der Waals surface area contributed by atoms with Gasteiger partial charge in [-0.05, 0) is 25.8 Å². The van der Waals surface area contributed by atoms with E-state index in [0.29, 0.717) is 6.61 Å². The fourth-order valence-electron chi connectivity index (χ4n) is 1.08. The van der Waals surface area contributed by atoms with Crippen LogP contribution in [0.4, 0.5) is 0 Å². The molecule has 11 heavy (non-hydrogen) atoms. The van der Waals surface area contributed by atoms with Crippen LogP contribution in [0.25, 0.3) is 0 Å².